The van der Waals surface area contributed by atoms with Crippen LogP contribution in [0.3, 0.4) is 0 Å². The summed E-state index contributed by atoms with van der Waals surface area (Å²) in [5.41, 5.74) is 0.718. The first-order valence-electron chi connectivity index (χ1n) is 10.4. The maximum atomic E-state index is 12.8. The van der Waals surface area contributed by atoms with Gasteiger partial charge in [-0.1, -0.05) is 35.3 Å². The molecule has 31 heavy (non-hydrogen) atoms. The lowest BCUT2D eigenvalue weighted by molar-refractivity contribution is -0.120. The summed E-state index contributed by atoms with van der Waals surface area (Å²) in [5, 5.41) is 0.985. The lowest BCUT2D eigenvalue weighted by Crippen LogP contribution is -2.51. The van der Waals surface area contributed by atoms with Crippen molar-refractivity contribution in [2.45, 2.75) is 24.7 Å². The summed E-state index contributed by atoms with van der Waals surface area (Å²) in [6, 6.07) is 11.2. The molecule has 0 spiro atoms. The number of carbonyl (C=O) groups excluding carboxylic acids is 1. The smallest absolute Gasteiger partial charge is 0.228 e. The third-order valence-corrected chi connectivity index (χ3v) is 8.73. The van der Waals surface area contributed by atoms with Crippen LogP contribution in [0.15, 0.2) is 42.6 Å². The molecule has 2 aromatic rings. The SMILES string of the molecule is O=C1CCC(CCN2CCS(=O)(=O)CC2)(c2ccc(Cl)c(Cl)c2)CN1c1ccccn1. The molecule has 0 N–H and O–H groups in total. The summed E-state index contributed by atoms with van der Waals surface area (Å²) in [5.74, 6) is 1.09. The number of aromatic nitrogens is 1. The van der Waals surface area contributed by atoms with E-state index in [4.69, 9.17) is 23.2 Å². The molecule has 2 aliphatic heterocycles. The minimum atomic E-state index is -2.92. The molecule has 9 heteroatoms. The second kappa shape index (κ2) is 9.06. The molecule has 0 aliphatic carbocycles. The van der Waals surface area contributed by atoms with Crippen LogP contribution in [0.4, 0.5) is 5.82 Å². The van der Waals surface area contributed by atoms with Gasteiger partial charge in [0.2, 0.25) is 5.91 Å². The van der Waals surface area contributed by atoms with Crippen LogP contribution in [0.5, 0.6) is 0 Å². The van der Waals surface area contributed by atoms with Crippen LogP contribution in [-0.4, -0.2) is 61.9 Å². The number of halogens is 2. The number of sulfone groups is 1. The van der Waals surface area contributed by atoms with Crippen molar-refractivity contribution in [3.63, 3.8) is 0 Å². The van der Waals surface area contributed by atoms with Gasteiger partial charge in [0.1, 0.15) is 5.82 Å². The van der Waals surface area contributed by atoms with E-state index >= 15 is 0 Å². The van der Waals surface area contributed by atoms with Gasteiger partial charge in [0.25, 0.3) is 0 Å². The molecule has 4 rings (SSSR count). The van der Waals surface area contributed by atoms with Crippen molar-refractivity contribution in [3.05, 3.63) is 58.2 Å². The Balaban J connectivity index is 1.62. The van der Waals surface area contributed by atoms with E-state index in [-0.39, 0.29) is 22.8 Å². The fourth-order valence-electron chi connectivity index (χ4n) is 4.43. The summed E-state index contributed by atoms with van der Waals surface area (Å²) >= 11 is 12.5. The van der Waals surface area contributed by atoms with Crippen LogP contribution < -0.4 is 4.90 Å². The minimum absolute atomic E-state index is 0.0541. The molecule has 0 bridgehead atoms. The van der Waals surface area contributed by atoms with Crippen molar-refractivity contribution in [2.75, 3.05) is 42.6 Å². The summed E-state index contributed by atoms with van der Waals surface area (Å²) in [6.45, 7) is 2.33. The number of carbonyl (C=O) groups is 1. The zero-order chi connectivity index (χ0) is 22.1. The normalized spacial score (nSPS) is 24.3. The number of piperidine rings is 1. The van der Waals surface area contributed by atoms with Gasteiger partial charge in [-0.3, -0.25) is 9.69 Å². The van der Waals surface area contributed by atoms with E-state index in [0.29, 0.717) is 48.3 Å². The van der Waals surface area contributed by atoms with Crippen molar-refractivity contribution >= 4 is 44.8 Å². The molecular formula is C22H25Cl2N3O3S. The topological polar surface area (TPSA) is 70.6 Å². The van der Waals surface area contributed by atoms with Crippen LogP contribution in [-0.2, 0) is 20.0 Å². The monoisotopic (exact) mass is 481 g/mol. The number of benzene rings is 1. The van der Waals surface area contributed by atoms with Gasteiger partial charge in [0.15, 0.2) is 9.84 Å². The molecule has 1 atom stereocenters. The molecule has 6 nitrogen and oxygen atoms in total. The predicted molar refractivity (Wildman–Crippen MR) is 124 cm³/mol. The number of hydrogen-bond donors (Lipinski definition) is 0. The highest BCUT2D eigenvalue weighted by Crippen LogP contribution is 2.41. The molecule has 0 radical (unpaired) electrons. The average Bonchev–Trinajstić information content (AvgIpc) is 2.77. The summed E-state index contributed by atoms with van der Waals surface area (Å²) in [7, 11) is -2.92. The maximum Gasteiger partial charge on any atom is 0.228 e. The summed E-state index contributed by atoms with van der Waals surface area (Å²) < 4.78 is 23.6. The highest BCUT2D eigenvalue weighted by molar-refractivity contribution is 7.91. The van der Waals surface area contributed by atoms with Crippen LogP contribution in [0.25, 0.3) is 0 Å². The van der Waals surface area contributed by atoms with Crippen LogP contribution in [0.1, 0.15) is 24.8 Å². The first-order valence-corrected chi connectivity index (χ1v) is 13.0. The molecular weight excluding hydrogens is 457 g/mol. The first kappa shape index (κ1) is 22.5. The minimum Gasteiger partial charge on any atom is -0.301 e. The van der Waals surface area contributed by atoms with Gasteiger partial charge < -0.3 is 4.90 Å². The standard InChI is InChI=1S/C22H25Cl2N3O3S/c23-18-5-4-17(15-19(18)24)22(8-10-26-11-13-31(29,30)14-12-26)7-6-21(28)27(16-22)20-3-1-2-9-25-20/h1-5,9,15H,6-8,10-14,16H2. The lowest BCUT2D eigenvalue weighted by atomic mass is 9.71. The zero-order valence-corrected chi connectivity index (χ0v) is 19.5. The van der Waals surface area contributed by atoms with E-state index in [1.807, 2.05) is 30.3 Å². The van der Waals surface area contributed by atoms with Crippen molar-refractivity contribution in [1.29, 1.82) is 0 Å². The van der Waals surface area contributed by atoms with Gasteiger partial charge in [-0.05, 0) is 49.2 Å². The molecule has 1 aromatic heterocycles. The van der Waals surface area contributed by atoms with Gasteiger partial charge in [0, 0.05) is 37.7 Å². The Morgan fingerprint density at radius 3 is 2.52 bits per heavy atom. The van der Waals surface area contributed by atoms with E-state index in [1.54, 1.807) is 17.2 Å². The van der Waals surface area contributed by atoms with Gasteiger partial charge in [0.05, 0.1) is 21.6 Å². The zero-order valence-electron chi connectivity index (χ0n) is 17.1. The largest absolute Gasteiger partial charge is 0.301 e. The molecule has 0 saturated carbocycles. The molecule has 1 unspecified atom stereocenters. The van der Waals surface area contributed by atoms with Gasteiger partial charge in [-0.15, -0.1) is 0 Å². The Kier molecular flexibility index (Phi) is 6.58. The van der Waals surface area contributed by atoms with Gasteiger partial charge in [-0.25, -0.2) is 13.4 Å². The highest BCUT2D eigenvalue weighted by Gasteiger charge is 2.41. The van der Waals surface area contributed by atoms with Crippen molar-refractivity contribution in [2.24, 2.45) is 0 Å². The first-order chi connectivity index (χ1) is 14.8. The lowest BCUT2D eigenvalue weighted by Gasteiger charge is -2.44. The Morgan fingerprint density at radius 2 is 1.84 bits per heavy atom. The number of rotatable bonds is 5. The number of amides is 1. The quantitative estimate of drug-likeness (QED) is 0.652. The average molecular weight is 482 g/mol. The Bertz CT molecular complexity index is 1050. The van der Waals surface area contributed by atoms with Crippen LogP contribution in [0.2, 0.25) is 10.0 Å². The number of nitrogens with zero attached hydrogens (tertiary/aromatic N) is 3. The second-order valence-electron chi connectivity index (χ2n) is 8.32. The van der Waals surface area contributed by atoms with Crippen molar-refractivity contribution in [3.8, 4) is 0 Å². The molecule has 2 fully saturated rings. The van der Waals surface area contributed by atoms with E-state index in [1.165, 1.54) is 0 Å². The highest BCUT2D eigenvalue weighted by atomic mass is 35.5. The maximum absolute atomic E-state index is 12.8. The fourth-order valence-corrected chi connectivity index (χ4v) is 6.00. The molecule has 1 amide bonds. The van der Waals surface area contributed by atoms with Gasteiger partial charge >= 0.3 is 0 Å². The number of pyridine rings is 1. The van der Waals surface area contributed by atoms with E-state index in [9.17, 15) is 13.2 Å². The molecule has 2 aliphatic rings. The van der Waals surface area contributed by atoms with Crippen molar-refractivity contribution < 1.29 is 13.2 Å². The van der Waals surface area contributed by atoms with Gasteiger partial charge in [-0.2, -0.15) is 0 Å². The summed E-state index contributed by atoms with van der Waals surface area (Å²) in [4.78, 5) is 21.1. The Morgan fingerprint density at radius 1 is 1.06 bits per heavy atom. The van der Waals surface area contributed by atoms with Crippen molar-refractivity contribution in [1.82, 2.24) is 9.88 Å². The Hall–Kier alpha value is -1.67. The Labute approximate surface area is 193 Å². The van der Waals surface area contributed by atoms with E-state index in [2.05, 4.69) is 9.88 Å². The second-order valence-corrected chi connectivity index (χ2v) is 11.4. The van der Waals surface area contributed by atoms with E-state index in [0.717, 1.165) is 18.5 Å². The van der Waals surface area contributed by atoms with E-state index < -0.39 is 9.84 Å². The molecule has 3 heterocycles. The third-order valence-electron chi connectivity index (χ3n) is 6.38. The number of hydrogen-bond acceptors (Lipinski definition) is 5. The number of anilines is 1. The fraction of sp³-hybridized carbons (Fsp3) is 0.455. The molecule has 2 saturated heterocycles. The predicted octanol–water partition coefficient (Wildman–Crippen LogP) is 3.57. The van der Waals surface area contributed by atoms with Crippen LogP contribution in [0, 0.1) is 0 Å². The van der Waals surface area contributed by atoms with Crippen LogP contribution >= 0.6 is 23.2 Å². The summed E-state index contributed by atoms with van der Waals surface area (Å²) in [6.07, 6.45) is 3.57. The molecule has 166 valence electrons. The molecule has 1 aromatic carbocycles. The third kappa shape index (κ3) is 5.06.